The summed E-state index contributed by atoms with van der Waals surface area (Å²) in [7, 11) is 0. The quantitative estimate of drug-likeness (QED) is 0.671. The summed E-state index contributed by atoms with van der Waals surface area (Å²) in [5.74, 6) is -0.146. The predicted octanol–water partition coefficient (Wildman–Crippen LogP) is 0.834. The summed E-state index contributed by atoms with van der Waals surface area (Å²) in [5.41, 5.74) is 7.02. The monoisotopic (exact) mass is 250 g/mol. The normalized spacial score (nSPS) is 13.9. The van der Waals surface area contributed by atoms with Crippen LogP contribution in [0.4, 0.5) is 0 Å². The van der Waals surface area contributed by atoms with Crippen molar-refractivity contribution in [3.63, 3.8) is 0 Å². The largest absolute Gasteiger partial charge is 0.396 e. The molecule has 4 heteroatoms. The highest BCUT2D eigenvalue weighted by Crippen LogP contribution is 2.04. The molecule has 1 aromatic rings. The lowest BCUT2D eigenvalue weighted by Gasteiger charge is -2.16. The number of hydrogen-bond acceptors (Lipinski definition) is 3. The Morgan fingerprint density at radius 2 is 2.00 bits per heavy atom. The highest BCUT2D eigenvalue weighted by atomic mass is 16.3. The van der Waals surface area contributed by atoms with Gasteiger partial charge in [0.1, 0.15) is 0 Å². The van der Waals surface area contributed by atoms with Gasteiger partial charge in [0.05, 0.1) is 6.04 Å². The van der Waals surface area contributed by atoms with Gasteiger partial charge in [-0.3, -0.25) is 4.79 Å². The zero-order chi connectivity index (χ0) is 13.4. The van der Waals surface area contributed by atoms with Crippen molar-refractivity contribution in [2.75, 3.05) is 6.61 Å². The van der Waals surface area contributed by atoms with Gasteiger partial charge < -0.3 is 16.2 Å². The van der Waals surface area contributed by atoms with E-state index in [9.17, 15) is 4.79 Å². The average molecular weight is 250 g/mol. The highest BCUT2D eigenvalue weighted by Gasteiger charge is 2.15. The van der Waals surface area contributed by atoms with E-state index in [0.29, 0.717) is 12.8 Å². The second kappa shape index (κ2) is 7.84. The van der Waals surface area contributed by atoms with Gasteiger partial charge >= 0.3 is 0 Å². The molecule has 100 valence electrons. The number of rotatable bonds is 7. The van der Waals surface area contributed by atoms with Crippen LogP contribution in [0.2, 0.25) is 0 Å². The van der Waals surface area contributed by atoms with Gasteiger partial charge in [-0.1, -0.05) is 30.3 Å². The van der Waals surface area contributed by atoms with E-state index >= 15 is 0 Å². The van der Waals surface area contributed by atoms with Gasteiger partial charge in [0.15, 0.2) is 0 Å². The Bertz CT molecular complexity index is 354. The molecule has 1 rings (SSSR count). The summed E-state index contributed by atoms with van der Waals surface area (Å²) < 4.78 is 0. The fraction of sp³-hybridized carbons (Fsp3) is 0.500. The standard InChI is InChI=1S/C14H22N2O2/c1-11(9-10-17)16-14(18)13(15)8-7-12-5-3-2-4-6-12/h2-6,11,13,17H,7-10,15H2,1H3,(H,16,18)/t11?,13-/m0/s1. The first-order valence-electron chi connectivity index (χ1n) is 6.34. The second-order valence-electron chi connectivity index (χ2n) is 4.55. The van der Waals surface area contributed by atoms with Crippen LogP contribution in [0.15, 0.2) is 30.3 Å². The minimum Gasteiger partial charge on any atom is -0.396 e. The fourth-order valence-corrected chi connectivity index (χ4v) is 1.71. The number of hydrogen-bond donors (Lipinski definition) is 3. The molecule has 18 heavy (non-hydrogen) atoms. The molecule has 4 nitrogen and oxygen atoms in total. The minimum absolute atomic E-state index is 0.0368. The third kappa shape index (κ3) is 5.29. The van der Waals surface area contributed by atoms with Crippen LogP contribution in [0.3, 0.4) is 0 Å². The van der Waals surface area contributed by atoms with Gasteiger partial charge in [-0.25, -0.2) is 0 Å². The van der Waals surface area contributed by atoms with Crippen LogP contribution >= 0.6 is 0 Å². The summed E-state index contributed by atoms with van der Waals surface area (Å²) in [5, 5.41) is 11.6. The Labute approximate surface area is 108 Å². The maximum Gasteiger partial charge on any atom is 0.237 e. The molecule has 0 saturated carbocycles. The van der Waals surface area contributed by atoms with Crippen LogP contribution in [0.5, 0.6) is 0 Å². The van der Waals surface area contributed by atoms with Gasteiger partial charge in [0.25, 0.3) is 0 Å². The van der Waals surface area contributed by atoms with Crippen LogP contribution in [0.1, 0.15) is 25.3 Å². The molecule has 1 amide bonds. The van der Waals surface area contributed by atoms with Crippen molar-refractivity contribution in [3.05, 3.63) is 35.9 Å². The molecule has 1 aromatic carbocycles. The Morgan fingerprint density at radius 1 is 1.33 bits per heavy atom. The van der Waals surface area contributed by atoms with Gasteiger partial charge in [0, 0.05) is 12.6 Å². The fourth-order valence-electron chi connectivity index (χ4n) is 1.71. The lowest BCUT2D eigenvalue weighted by Crippen LogP contribution is -2.44. The van der Waals surface area contributed by atoms with Crippen molar-refractivity contribution >= 4 is 5.91 Å². The molecule has 0 aliphatic rings. The van der Waals surface area contributed by atoms with E-state index in [1.54, 1.807) is 0 Å². The Hall–Kier alpha value is -1.39. The molecule has 0 aromatic heterocycles. The molecule has 0 aliphatic carbocycles. The number of nitrogens with two attached hydrogens (primary N) is 1. The summed E-state index contributed by atoms with van der Waals surface area (Å²) in [6, 6.07) is 9.44. The van der Waals surface area contributed by atoms with Crippen molar-refractivity contribution < 1.29 is 9.90 Å². The lowest BCUT2D eigenvalue weighted by atomic mass is 10.0. The van der Waals surface area contributed by atoms with Crippen LogP contribution in [-0.2, 0) is 11.2 Å². The number of benzene rings is 1. The Morgan fingerprint density at radius 3 is 2.61 bits per heavy atom. The van der Waals surface area contributed by atoms with Crippen molar-refractivity contribution in [1.82, 2.24) is 5.32 Å². The van der Waals surface area contributed by atoms with Crippen molar-refractivity contribution in [1.29, 1.82) is 0 Å². The maximum absolute atomic E-state index is 11.7. The number of aliphatic hydroxyl groups is 1. The molecule has 0 aliphatic heterocycles. The first-order chi connectivity index (χ1) is 8.63. The first kappa shape index (κ1) is 14.7. The van der Waals surface area contributed by atoms with Crippen molar-refractivity contribution in [3.8, 4) is 0 Å². The average Bonchev–Trinajstić information content (AvgIpc) is 2.37. The first-order valence-corrected chi connectivity index (χ1v) is 6.34. The number of aryl methyl sites for hydroxylation is 1. The number of carbonyl (C=O) groups is 1. The van der Waals surface area contributed by atoms with E-state index in [1.807, 2.05) is 37.3 Å². The van der Waals surface area contributed by atoms with Gasteiger partial charge in [-0.15, -0.1) is 0 Å². The number of aliphatic hydroxyl groups excluding tert-OH is 1. The Kier molecular flexibility index (Phi) is 6.39. The van der Waals surface area contributed by atoms with E-state index < -0.39 is 6.04 Å². The molecule has 0 spiro atoms. The van der Waals surface area contributed by atoms with E-state index in [-0.39, 0.29) is 18.6 Å². The zero-order valence-corrected chi connectivity index (χ0v) is 10.8. The SMILES string of the molecule is CC(CCO)NC(=O)[C@@H](N)CCc1ccccc1. The van der Waals surface area contributed by atoms with Crippen LogP contribution < -0.4 is 11.1 Å². The third-order valence-electron chi connectivity index (χ3n) is 2.87. The smallest absolute Gasteiger partial charge is 0.237 e. The molecule has 0 radical (unpaired) electrons. The van der Waals surface area contributed by atoms with E-state index in [1.165, 1.54) is 5.56 Å². The number of carbonyl (C=O) groups excluding carboxylic acids is 1. The van der Waals surface area contributed by atoms with E-state index in [4.69, 9.17) is 10.8 Å². The van der Waals surface area contributed by atoms with Gasteiger partial charge in [-0.2, -0.15) is 0 Å². The summed E-state index contributed by atoms with van der Waals surface area (Å²) in [6.07, 6.45) is 1.97. The van der Waals surface area contributed by atoms with Crippen LogP contribution in [0, 0.1) is 0 Å². The minimum atomic E-state index is -0.494. The van der Waals surface area contributed by atoms with Crippen LogP contribution in [-0.4, -0.2) is 29.7 Å². The molecule has 0 heterocycles. The second-order valence-corrected chi connectivity index (χ2v) is 4.55. The molecule has 1 unspecified atom stereocenters. The van der Waals surface area contributed by atoms with Crippen molar-refractivity contribution in [2.24, 2.45) is 5.73 Å². The molecule has 0 fully saturated rings. The lowest BCUT2D eigenvalue weighted by molar-refractivity contribution is -0.123. The summed E-state index contributed by atoms with van der Waals surface area (Å²) in [6.45, 7) is 1.93. The highest BCUT2D eigenvalue weighted by molar-refractivity contribution is 5.81. The number of amides is 1. The molecule has 0 bridgehead atoms. The van der Waals surface area contributed by atoms with Gasteiger partial charge in [0.2, 0.25) is 5.91 Å². The zero-order valence-electron chi connectivity index (χ0n) is 10.8. The van der Waals surface area contributed by atoms with E-state index in [2.05, 4.69) is 5.32 Å². The van der Waals surface area contributed by atoms with Gasteiger partial charge in [-0.05, 0) is 31.7 Å². The van der Waals surface area contributed by atoms with Crippen LogP contribution in [0.25, 0.3) is 0 Å². The van der Waals surface area contributed by atoms with Crippen molar-refractivity contribution in [2.45, 2.75) is 38.3 Å². The van der Waals surface area contributed by atoms with E-state index in [0.717, 1.165) is 6.42 Å². The number of nitrogens with one attached hydrogen (secondary N) is 1. The summed E-state index contributed by atoms with van der Waals surface area (Å²) >= 11 is 0. The molecule has 4 N–H and O–H groups in total. The Balaban J connectivity index is 2.32. The molecular formula is C14H22N2O2. The third-order valence-corrected chi connectivity index (χ3v) is 2.87. The molecular weight excluding hydrogens is 228 g/mol. The molecule has 2 atom stereocenters. The molecule has 0 saturated heterocycles. The maximum atomic E-state index is 11.7. The topological polar surface area (TPSA) is 75.3 Å². The predicted molar refractivity (Wildman–Crippen MR) is 72.0 cm³/mol. The summed E-state index contributed by atoms with van der Waals surface area (Å²) in [4.78, 5) is 11.7.